The van der Waals surface area contributed by atoms with Gasteiger partial charge in [-0.05, 0) is 24.6 Å². The first-order chi connectivity index (χ1) is 8.54. The summed E-state index contributed by atoms with van der Waals surface area (Å²) in [4.78, 5) is 4.29. The first kappa shape index (κ1) is 15.6. The van der Waals surface area contributed by atoms with E-state index in [1.165, 1.54) is 11.8 Å². The molecule has 1 aromatic carbocycles. The molecular weight excluding hydrogens is 291 g/mol. The lowest BCUT2D eigenvalue weighted by atomic mass is 10.2. The molecule has 1 aromatic rings. The van der Waals surface area contributed by atoms with Gasteiger partial charge >= 0.3 is 0 Å². The minimum absolute atomic E-state index is 0.0456. The van der Waals surface area contributed by atoms with Gasteiger partial charge in [0.05, 0.1) is 12.6 Å². The Morgan fingerprint density at radius 2 is 2.06 bits per heavy atom. The quantitative estimate of drug-likeness (QED) is 0.668. The Kier molecular flexibility index (Phi) is 6.86. The molecule has 0 spiro atoms. The molecule has 18 heavy (non-hydrogen) atoms. The number of methoxy groups -OCH3 is 1. The average molecular weight is 307 g/mol. The van der Waals surface area contributed by atoms with Gasteiger partial charge in [-0.15, -0.1) is 0 Å². The Labute approximate surface area is 122 Å². The lowest BCUT2D eigenvalue weighted by Crippen LogP contribution is -2.15. The standard InChI is InChI=1S/C12H16Cl2N2OS/c1-8(6-17-2)16-12(15)18-7-9-10(13)4-3-5-11(9)14/h3-5,8H,6-7H2,1-2H3,(H2,15,16)/t8-/m1/s1. The van der Waals surface area contributed by atoms with Gasteiger partial charge in [0.1, 0.15) is 0 Å². The number of amidine groups is 1. The summed E-state index contributed by atoms with van der Waals surface area (Å²) in [6.07, 6.45) is 0. The molecule has 0 amide bonds. The highest BCUT2D eigenvalue weighted by Gasteiger charge is 2.07. The van der Waals surface area contributed by atoms with E-state index < -0.39 is 0 Å². The second kappa shape index (κ2) is 7.89. The SMILES string of the molecule is COC[C@@H](C)N=C(N)SCc1c(Cl)cccc1Cl. The van der Waals surface area contributed by atoms with Crippen LogP contribution < -0.4 is 5.73 Å². The smallest absolute Gasteiger partial charge is 0.154 e. The van der Waals surface area contributed by atoms with Crippen LogP contribution in [0.3, 0.4) is 0 Å². The fourth-order valence-electron chi connectivity index (χ4n) is 1.35. The van der Waals surface area contributed by atoms with E-state index in [4.69, 9.17) is 33.7 Å². The van der Waals surface area contributed by atoms with E-state index in [-0.39, 0.29) is 6.04 Å². The lowest BCUT2D eigenvalue weighted by Gasteiger charge is -2.08. The van der Waals surface area contributed by atoms with Crippen molar-refractivity contribution < 1.29 is 4.74 Å². The van der Waals surface area contributed by atoms with Gasteiger partial charge in [-0.25, -0.2) is 0 Å². The molecule has 0 aliphatic rings. The first-order valence-corrected chi connectivity index (χ1v) is 7.16. The normalized spacial score (nSPS) is 13.7. The zero-order chi connectivity index (χ0) is 13.5. The van der Waals surface area contributed by atoms with E-state index >= 15 is 0 Å². The van der Waals surface area contributed by atoms with Crippen molar-refractivity contribution in [2.75, 3.05) is 13.7 Å². The third kappa shape index (κ3) is 5.06. The molecule has 0 aromatic heterocycles. The van der Waals surface area contributed by atoms with Gasteiger partial charge in [0.2, 0.25) is 0 Å². The maximum atomic E-state index is 6.07. The molecule has 2 N–H and O–H groups in total. The molecule has 0 saturated carbocycles. The van der Waals surface area contributed by atoms with Crippen molar-refractivity contribution in [1.29, 1.82) is 0 Å². The number of rotatable bonds is 5. The van der Waals surface area contributed by atoms with Crippen LogP contribution in [-0.2, 0) is 10.5 Å². The number of hydrogen-bond acceptors (Lipinski definition) is 3. The molecule has 0 radical (unpaired) electrons. The number of nitrogens with zero attached hydrogens (tertiary/aromatic N) is 1. The molecule has 100 valence electrons. The van der Waals surface area contributed by atoms with E-state index in [0.717, 1.165) is 5.56 Å². The van der Waals surface area contributed by atoms with Gasteiger partial charge in [0, 0.05) is 22.9 Å². The fourth-order valence-corrected chi connectivity index (χ4v) is 2.90. The van der Waals surface area contributed by atoms with Crippen molar-refractivity contribution in [3.8, 4) is 0 Å². The summed E-state index contributed by atoms with van der Waals surface area (Å²) in [6.45, 7) is 2.49. The molecule has 1 rings (SSSR count). The van der Waals surface area contributed by atoms with Gasteiger partial charge in [0.25, 0.3) is 0 Å². The maximum absolute atomic E-state index is 6.07. The van der Waals surface area contributed by atoms with Crippen LogP contribution in [0.5, 0.6) is 0 Å². The van der Waals surface area contributed by atoms with Crippen molar-refractivity contribution >= 4 is 40.1 Å². The number of benzene rings is 1. The molecule has 0 unspecified atom stereocenters. The van der Waals surface area contributed by atoms with Crippen LogP contribution in [0.1, 0.15) is 12.5 Å². The monoisotopic (exact) mass is 306 g/mol. The number of ether oxygens (including phenoxy) is 1. The van der Waals surface area contributed by atoms with E-state index in [0.29, 0.717) is 27.6 Å². The van der Waals surface area contributed by atoms with E-state index in [1.807, 2.05) is 25.1 Å². The van der Waals surface area contributed by atoms with Crippen molar-refractivity contribution in [3.63, 3.8) is 0 Å². The molecule has 0 aliphatic heterocycles. The Morgan fingerprint density at radius 1 is 1.44 bits per heavy atom. The van der Waals surface area contributed by atoms with Crippen LogP contribution in [-0.4, -0.2) is 24.9 Å². The van der Waals surface area contributed by atoms with Gasteiger partial charge in [0.15, 0.2) is 5.17 Å². The Morgan fingerprint density at radius 3 is 2.61 bits per heavy atom. The third-order valence-corrected chi connectivity index (χ3v) is 3.72. The largest absolute Gasteiger partial charge is 0.382 e. The number of halogens is 2. The molecule has 1 atom stereocenters. The van der Waals surface area contributed by atoms with Crippen LogP contribution in [0.25, 0.3) is 0 Å². The van der Waals surface area contributed by atoms with Crippen molar-refractivity contribution in [2.45, 2.75) is 18.7 Å². The van der Waals surface area contributed by atoms with Crippen LogP contribution >= 0.6 is 35.0 Å². The zero-order valence-electron chi connectivity index (χ0n) is 10.3. The minimum Gasteiger partial charge on any atom is -0.382 e. The van der Waals surface area contributed by atoms with Crippen LogP contribution in [0.15, 0.2) is 23.2 Å². The Hall–Kier alpha value is -0.420. The summed E-state index contributed by atoms with van der Waals surface area (Å²) in [6, 6.07) is 5.48. The Balaban J connectivity index is 2.60. The fraction of sp³-hybridized carbons (Fsp3) is 0.417. The maximum Gasteiger partial charge on any atom is 0.154 e. The van der Waals surface area contributed by atoms with Gasteiger partial charge < -0.3 is 10.5 Å². The van der Waals surface area contributed by atoms with Gasteiger partial charge in [-0.3, -0.25) is 4.99 Å². The summed E-state index contributed by atoms with van der Waals surface area (Å²) in [5, 5.41) is 1.80. The molecule has 3 nitrogen and oxygen atoms in total. The van der Waals surface area contributed by atoms with E-state index in [9.17, 15) is 0 Å². The molecule has 0 bridgehead atoms. The average Bonchev–Trinajstić information content (AvgIpc) is 2.28. The summed E-state index contributed by atoms with van der Waals surface area (Å²) in [5.74, 6) is 0.605. The predicted molar refractivity (Wildman–Crippen MR) is 80.7 cm³/mol. The van der Waals surface area contributed by atoms with E-state index in [2.05, 4.69) is 4.99 Å². The minimum atomic E-state index is 0.0456. The van der Waals surface area contributed by atoms with Crippen LogP contribution in [0, 0.1) is 0 Å². The molecular formula is C12H16Cl2N2OS. The second-order valence-electron chi connectivity index (χ2n) is 3.76. The van der Waals surface area contributed by atoms with Crippen molar-refractivity contribution in [3.05, 3.63) is 33.8 Å². The molecule has 0 saturated heterocycles. The predicted octanol–water partition coefficient (Wildman–Crippen LogP) is 3.58. The zero-order valence-corrected chi connectivity index (χ0v) is 12.6. The van der Waals surface area contributed by atoms with Crippen molar-refractivity contribution in [1.82, 2.24) is 0 Å². The molecule has 0 fully saturated rings. The van der Waals surface area contributed by atoms with E-state index in [1.54, 1.807) is 7.11 Å². The number of nitrogens with two attached hydrogens (primary N) is 1. The van der Waals surface area contributed by atoms with Gasteiger partial charge in [-0.2, -0.15) is 0 Å². The molecule has 6 heteroatoms. The number of aliphatic imine (C=N–C) groups is 1. The molecule has 0 heterocycles. The highest BCUT2D eigenvalue weighted by Crippen LogP contribution is 2.28. The third-order valence-electron chi connectivity index (χ3n) is 2.18. The topological polar surface area (TPSA) is 47.6 Å². The van der Waals surface area contributed by atoms with Crippen LogP contribution in [0.4, 0.5) is 0 Å². The van der Waals surface area contributed by atoms with Crippen LogP contribution in [0.2, 0.25) is 10.0 Å². The summed E-state index contributed by atoms with van der Waals surface area (Å²) < 4.78 is 4.99. The number of thioether (sulfide) groups is 1. The first-order valence-electron chi connectivity index (χ1n) is 5.42. The second-order valence-corrected chi connectivity index (χ2v) is 5.57. The highest BCUT2D eigenvalue weighted by atomic mass is 35.5. The number of hydrogen-bond donors (Lipinski definition) is 1. The molecule has 0 aliphatic carbocycles. The summed E-state index contributed by atoms with van der Waals surface area (Å²) in [5.41, 5.74) is 6.70. The highest BCUT2D eigenvalue weighted by molar-refractivity contribution is 8.13. The summed E-state index contributed by atoms with van der Waals surface area (Å²) >= 11 is 13.6. The lowest BCUT2D eigenvalue weighted by molar-refractivity contribution is 0.186. The summed E-state index contributed by atoms with van der Waals surface area (Å²) in [7, 11) is 1.64. The van der Waals surface area contributed by atoms with Crippen molar-refractivity contribution in [2.24, 2.45) is 10.7 Å². The van der Waals surface area contributed by atoms with Gasteiger partial charge in [-0.1, -0.05) is 41.0 Å². The Bertz CT molecular complexity index is 406.